The minimum atomic E-state index is -1.19. The van der Waals surface area contributed by atoms with Gasteiger partial charge in [0.15, 0.2) is 0 Å². The van der Waals surface area contributed by atoms with Crippen LogP contribution in [0.4, 0.5) is 0 Å². The zero-order valence-corrected chi connectivity index (χ0v) is 16.4. The number of benzene rings is 2. The molecule has 0 bridgehead atoms. The molecule has 2 aromatic rings. The predicted molar refractivity (Wildman–Crippen MR) is 94.2 cm³/mol. The van der Waals surface area contributed by atoms with Crippen LogP contribution in [-0.4, -0.2) is 49.4 Å². The van der Waals surface area contributed by atoms with E-state index in [0.717, 1.165) is 0 Å². The fourth-order valence-corrected chi connectivity index (χ4v) is 22.8. The first kappa shape index (κ1) is 15.7. The second-order valence-corrected chi connectivity index (χ2v) is 21.7. The van der Waals surface area contributed by atoms with Crippen molar-refractivity contribution in [3.63, 3.8) is 0 Å². The summed E-state index contributed by atoms with van der Waals surface area (Å²) in [4.78, 5) is 0. The first-order valence-corrected chi connectivity index (χ1v) is 15.4. The zero-order valence-electron chi connectivity index (χ0n) is 11.2. The number of rotatable bonds is 4. The van der Waals surface area contributed by atoms with Gasteiger partial charge in [-0.1, -0.05) is 0 Å². The van der Waals surface area contributed by atoms with E-state index in [1.807, 2.05) is 0 Å². The van der Waals surface area contributed by atoms with Crippen molar-refractivity contribution in [1.29, 1.82) is 0 Å². The van der Waals surface area contributed by atoms with Crippen LogP contribution in [0.3, 0.4) is 0 Å². The summed E-state index contributed by atoms with van der Waals surface area (Å²) in [5, 5.41) is 2.96. The molecule has 19 heavy (non-hydrogen) atoms. The van der Waals surface area contributed by atoms with Gasteiger partial charge in [-0.3, -0.25) is 0 Å². The molecule has 0 nitrogen and oxygen atoms in total. The van der Waals surface area contributed by atoms with Crippen molar-refractivity contribution in [2.75, 3.05) is 19.2 Å². The molecule has 0 aromatic heterocycles. The normalized spacial score (nSPS) is 17.4. The van der Waals surface area contributed by atoms with Crippen LogP contribution in [0.15, 0.2) is 60.7 Å². The molecule has 2 rings (SSSR count). The van der Waals surface area contributed by atoms with Gasteiger partial charge in [-0.15, -0.1) is 0 Å². The second kappa shape index (κ2) is 6.41. The molecule has 0 aliphatic heterocycles. The first-order chi connectivity index (χ1) is 8.92. The van der Waals surface area contributed by atoms with E-state index in [-0.39, 0.29) is 0 Å². The minimum absolute atomic E-state index is 1.19. The molecule has 0 heterocycles. The van der Waals surface area contributed by atoms with E-state index in [9.17, 15) is 0 Å². The van der Waals surface area contributed by atoms with Gasteiger partial charge in [0.1, 0.15) is 0 Å². The van der Waals surface area contributed by atoms with E-state index in [1.54, 1.807) is 0 Å². The van der Waals surface area contributed by atoms with Gasteiger partial charge in [0, 0.05) is 0 Å². The number of hydrogen-bond acceptors (Lipinski definition) is 0. The Morgan fingerprint density at radius 1 is 0.684 bits per heavy atom. The van der Waals surface area contributed by atoms with Crippen molar-refractivity contribution in [3.8, 4) is 0 Å². The van der Waals surface area contributed by atoms with E-state index < -0.39 is 11.0 Å². The van der Waals surface area contributed by atoms with Crippen molar-refractivity contribution in [1.82, 2.24) is 0 Å². The van der Waals surface area contributed by atoms with Crippen LogP contribution in [0, 0.1) is 0 Å². The average molecular weight is 418 g/mol. The van der Waals surface area contributed by atoms with Crippen molar-refractivity contribution >= 4 is 51.8 Å². The number of hydrogen-bond donors (Lipinski definition) is 0. The molecule has 0 aliphatic rings. The molecule has 0 amide bonds. The van der Waals surface area contributed by atoms with Gasteiger partial charge >= 0.3 is 132 Å². The van der Waals surface area contributed by atoms with Gasteiger partial charge in [0.05, 0.1) is 0 Å². The summed E-state index contributed by atoms with van der Waals surface area (Å²) in [5.74, 6) is 1.24. The quantitative estimate of drug-likeness (QED) is 0.529. The van der Waals surface area contributed by atoms with Crippen LogP contribution in [0.1, 0.15) is 0 Å². The zero-order chi connectivity index (χ0) is 13.9. The fourth-order valence-electron chi connectivity index (χ4n) is 2.16. The molecule has 0 spiro atoms. The Kier molecular flexibility index (Phi) is 5.30. The SMILES string of the molecule is CP(=[Se])(CP(C)(=[Se])c1ccccc1)c1ccccc1. The van der Waals surface area contributed by atoms with E-state index in [2.05, 4.69) is 104 Å². The Morgan fingerprint density at radius 3 is 1.32 bits per heavy atom. The Morgan fingerprint density at radius 2 is 1.00 bits per heavy atom. The van der Waals surface area contributed by atoms with Crippen LogP contribution in [-0.2, 0) is 0 Å². The standard InChI is InChI=1S/C15H18P2Se2/c1-16(18,14-9-5-3-6-10-14)13-17(2,19)15-11-7-4-8-12-15/h3-12H,13H2,1-2H3. The van der Waals surface area contributed by atoms with E-state index >= 15 is 0 Å². The molecule has 0 N–H and O–H groups in total. The maximum atomic E-state index is 3.51. The second-order valence-electron chi connectivity index (χ2n) is 5.01. The average Bonchev–Trinajstić information content (AvgIpc) is 2.40. The van der Waals surface area contributed by atoms with Gasteiger partial charge in [-0.25, -0.2) is 0 Å². The van der Waals surface area contributed by atoms with Crippen LogP contribution >= 0.6 is 11.0 Å². The summed E-state index contributed by atoms with van der Waals surface area (Å²) in [6.07, 6.45) is 0. The van der Waals surface area contributed by atoms with Crippen LogP contribution in [0.25, 0.3) is 0 Å². The third-order valence-corrected chi connectivity index (χ3v) is 17.3. The Hall–Kier alpha value is 0.339. The molecule has 2 unspecified atom stereocenters. The summed E-state index contributed by atoms with van der Waals surface area (Å²) in [6.45, 7) is 4.81. The van der Waals surface area contributed by atoms with Crippen molar-refractivity contribution < 1.29 is 0 Å². The fraction of sp³-hybridized carbons (Fsp3) is 0.200. The van der Waals surface area contributed by atoms with Crippen LogP contribution in [0.5, 0.6) is 0 Å². The predicted octanol–water partition coefficient (Wildman–Crippen LogP) is 3.06. The molecular formula is C15H18P2Se2. The Balaban J connectivity index is 2.31. The van der Waals surface area contributed by atoms with Gasteiger partial charge in [-0.2, -0.15) is 0 Å². The molecule has 100 valence electrons. The molecule has 0 fully saturated rings. The third-order valence-electron chi connectivity index (χ3n) is 3.14. The summed E-state index contributed by atoms with van der Waals surface area (Å²) in [5.41, 5.74) is -2.38. The van der Waals surface area contributed by atoms with E-state index in [1.165, 1.54) is 16.5 Å². The van der Waals surface area contributed by atoms with Gasteiger partial charge < -0.3 is 0 Å². The third kappa shape index (κ3) is 4.15. The summed E-state index contributed by atoms with van der Waals surface area (Å²) >= 11 is 7.03. The summed E-state index contributed by atoms with van der Waals surface area (Å²) in [6, 6.07) is 21.8. The molecule has 0 saturated heterocycles. The summed E-state index contributed by atoms with van der Waals surface area (Å²) in [7, 11) is 0. The molecule has 2 aromatic carbocycles. The molecular weight excluding hydrogens is 400 g/mol. The maximum absolute atomic E-state index is 3.51. The van der Waals surface area contributed by atoms with Gasteiger partial charge in [0.25, 0.3) is 0 Å². The van der Waals surface area contributed by atoms with E-state index in [0.29, 0.717) is 0 Å². The van der Waals surface area contributed by atoms with Crippen molar-refractivity contribution in [3.05, 3.63) is 60.7 Å². The van der Waals surface area contributed by atoms with Gasteiger partial charge in [0.2, 0.25) is 0 Å². The molecule has 0 aliphatic carbocycles. The van der Waals surface area contributed by atoms with E-state index in [4.69, 9.17) is 0 Å². The summed E-state index contributed by atoms with van der Waals surface area (Å²) < 4.78 is 0. The van der Waals surface area contributed by atoms with Crippen LogP contribution in [0.2, 0.25) is 0 Å². The molecule has 2 atom stereocenters. The molecule has 0 saturated carbocycles. The topological polar surface area (TPSA) is 0 Å². The Labute approximate surface area is 131 Å². The van der Waals surface area contributed by atoms with Crippen LogP contribution < -0.4 is 10.6 Å². The molecule has 4 heteroatoms. The molecule has 0 radical (unpaired) electrons. The Bertz CT molecular complexity index is 578. The first-order valence-electron chi connectivity index (χ1n) is 6.16. The van der Waals surface area contributed by atoms with Crippen molar-refractivity contribution in [2.24, 2.45) is 0 Å². The monoisotopic (exact) mass is 420 g/mol. The van der Waals surface area contributed by atoms with Crippen molar-refractivity contribution in [2.45, 2.75) is 0 Å². The van der Waals surface area contributed by atoms with Gasteiger partial charge in [-0.05, 0) is 0 Å².